The smallest absolute Gasteiger partial charge is 0.191 e. The Balaban J connectivity index is 0.00000261. The number of benzene rings is 1. The van der Waals surface area contributed by atoms with Gasteiger partial charge < -0.3 is 15.2 Å². The van der Waals surface area contributed by atoms with Crippen molar-refractivity contribution < 1.29 is 0 Å². The van der Waals surface area contributed by atoms with Gasteiger partial charge in [-0.05, 0) is 25.3 Å². The molecule has 1 saturated carbocycles. The molecule has 1 aromatic heterocycles. The van der Waals surface area contributed by atoms with Crippen molar-refractivity contribution in [2.24, 2.45) is 4.99 Å². The van der Waals surface area contributed by atoms with Crippen molar-refractivity contribution in [3.05, 3.63) is 47.5 Å². The minimum atomic E-state index is 0. The van der Waals surface area contributed by atoms with E-state index in [1.165, 1.54) is 36.8 Å². The highest BCUT2D eigenvalue weighted by Gasteiger charge is 2.16. The molecule has 3 rings (SSSR count). The van der Waals surface area contributed by atoms with E-state index in [4.69, 9.17) is 4.99 Å². The van der Waals surface area contributed by atoms with Gasteiger partial charge in [-0.3, -0.25) is 0 Å². The molecule has 1 aliphatic carbocycles. The molecule has 27 heavy (non-hydrogen) atoms. The number of nitrogens with one attached hydrogen (secondary N) is 2. The summed E-state index contributed by atoms with van der Waals surface area (Å²) in [5, 5.41) is 15.2. The quantitative estimate of drug-likeness (QED) is 0.361. The van der Waals surface area contributed by atoms with Crippen molar-refractivity contribution in [2.45, 2.75) is 65.1 Å². The van der Waals surface area contributed by atoms with Crippen LogP contribution < -0.4 is 10.6 Å². The zero-order chi connectivity index (χ0) is 18.2. The van der Waals surface area contributed by atoms with Crippen LogP contribution in [0.15, 0.2) is 35.6 Å². The third-order valence-corrected chi connectivity index (χ3v) is 4.89. The fourth-order valence-corrected chi connectivity index (χ4v) is 3.31. The molecule has 2 N–H and O–H groups in total. The molecule has 0 aliphatic heterocycles. The molecule has 148 valence electrons. The summed E-state index contributed by atoms with van der Waals surface area (Å²) in [5.74, 6) is 1.93. The number of hydrogen-bond acceptors (Lipinski definition) is 3. The van der Waals surface area contributed by atoms with E-state index in [0.29, 0.717) is 12.6 Å². The van der Waals surface area contributed by atoms with Gasteiger partial charge in [-0.1, -0.05) is 49.6 Å². The predicted molar refractivity (Wildman–Crippen MR) is 121 cm³/mol. The van der Waals surface area contributed by atoms with Gasteiger partial charge in [-0.15, -0.1) is 34.2 Å². The summed E-state index contributed by atoms with van der Waals surface area (Å²) < 4.78 is 2.10. The number of halogens is 1. The molecule has 0 saturated heterocycles. The average molecular weight is 482 g/mol. The van der Waals surface area contributed by atoms with Crippen LogP contribution in [0, 0.1) is 6.92 Å². The summed E-state index contributed by atoms with van der Waals surface area (Å²) >= 11 is 0. The Kier molecular flexibility index (Phi) is 9.03. The van der Waals surface area contributed by atoms with Crippen LogP contribution in [-0.2, 0) is 19.5 Å². The van der Waals surface area contributed by atoms with Gasteiger partial charge in [-0.25, -0.2) is 4.99 Å². The third kappa shape index (κ3) is 6.79. The molecule has 1 heterocycles. The van der Waals surface area contributed by atoms with Crippen molar-refractivity contribution in [2.75, 3.05) is 6.54 Å². The summed E-state index contributed by atoms with van der Waals surface area (Å²) in [5.41, 5.74) is 2.51. The zero-order valence-electron chi connectivity index (χ0n) is 16.3. The van der Waals surface area contributed by atoms with Gasteiger partial charge in [-0.2, -0.15) is 0 Å². The normalized spacial score (nSPS) is 14.8. The number of nitrogens with zero attached hydrogens (tertiary/aromatic N) is 4. The first-order valence-electron chi connectivity index (χ1n) is 9.71. The molecule has 0 radical (unpaired) electrons. The number of aryl methyl sites for hydroxylation is 2. The first kappa shape index (κ1) is 21.7. The molecular weight excluding hydrogens is 451 g/mol. The highest BCUT2D eigenvalue weighted by Crippen LogP contribution is 2.17. The lowest BCUT2D eigenvalue weighted by molar-refractivity contribution is 0.593. The first-order valence-corrected chi connectivity index (χ1v) is 9.71. The Labute approximate surface area is 179 Å². The van der Waals surface area contributed by atoms with E-state index in [-0.39, 0.29) is 24.0 Å². The lowest BCUT2D eigenvalue weighted by atomic mass is 10.1. The summed E-state index contributed by atoms with van der Waals surface area (Å²) in [6.45, 7) is 6.54. The largest absolute Gasteiger partial charge is 0.355 e. The molecule has 0 atom stereocenters. The molecule has 0 unspecified atom stereocenters. The second-order valence-corrected chi connectivity index (χ2v) is 7.00. The monoisotopic (exact) mass is 482 g/mol. The molecule has 0 amide bonds. The maximum atomic E-state index is 4.80. The third-order valence-electron chi connectivity index (χ3n) is 4.89. The highest BCUT2D eigenvalue weighted by molar-refractivity contribution is 14.0. The molecule has 7 heteroatoms. The molecule has 1 fully saturated rings. The van der Waals surface area contributed by atoms with Crippen LogP contribution in [0.5, 0.6) is 0 Å². The number of hydrogen-bond donors (Lipinski definition) is 2. The Morgan fingerprint density at radius 3 is 2.67 bits per heavy atom. The zero-order valence-corrected chi connectivity index (χ0v) is 18.6. The number of guanidine groups is 1. The van der Waals surface area contributed by atoms with E-state index in [2.05, 4.69) is 63.5 Å². The standard InChI is InChI=1S/C20H30N6.HI/c1-3-19-25-23-15-26(19)13-12-21-20(24-18-6-4-5-7-18)22-14-17-10-8-16(2)9-11-17;/h8-11,15,18H,3-7,12-14H2,1-2H3,(H2,21,22,24);1H. The molecule has 0 bridgehead atoms. The molecule has 2 aromatic rings. The van der Waals surface area contributed by atoms with Gasteiger partial charge in [0.05, 0.1) is 6.54 Å². The van der Waals surface area contributed by atoms with Crippen LogP contribution in [0.3, 0.4) is 0 Å². The van der Waals surface area contributed by atoms with Gasteiger partial charge in [0.25, 0.3) is 0 Å². The minimum Gasteiger partial charge on any atom is -0.355 e. The van der Waals surface area contributed by atoms with E-state index >= 15 is 0 Å². The van der Waals surface area contributed by atoms with E-state index < -0.39 is 0 Å². The number of aliphatic imine (C=N–C) groups is 1. The number of rotatable bonds is 7. The van der Waals surface area contributed by atoms with Crippen LogP contribution >= 0.6 is 24.0 Å². The van der Waals surface area contributed by atoms with Crippen LogP contribution in [0.4, 0.5) is 0 Å². The van der Waals surface area contributed by atoms with Gasteiger partial charge >= 0.3 is 0 Å². The van der Waals surface area contributed by atoms with Crippen molar-refractivity contribution in [1.29, 1.82) is 0 Å². The van der Waals surface area contributed by atoms with Crippen LogP contribution in [0.2, 0.25) is 0 Å². The van der Waals surface area contributed by atoms with Crippen molar-refractivity contribution in [1.82, 2.24) is 25.4 Å². The fraction of sp³-hybridized carbons (Fsp3) is 0.550. The first-order chi connectivity index (χ1) is 12.7. The molecule has 1 aromatic carbocycles. The van der Waals surface area contributed by atoms with Gasteiger partial charge in [0, 0.05) is 25.6 Å². The molecule has 1 aliphatic rings. The maximum absolute atomic E-state index is 4.80. The lowest BCUT2D eigenvalue weighted by Gasteiger charge is -2.18. The second kappa shape index (κ2) is 11.3. The summed E-state index contributed by atoms with van der Waals surface area (Å²) in [4.78, 5) is 4.80. The summed E-state index contributed by atoms with van der Waals surface area (Å²) in [7, 11) is 0. The fourth-order valence-electron chi connectivity index (χ4n) is 3.31. The molecule has 0 spiro atoms. The lowest BCUT2D eigenvalue weighted by Crippen LogP contribution is -2.43. The molecular formula is C20H31IN6. The van der Waals surface area contributed by atoms with Gasteiger partial charge in [0.2, 0.25) is 0 Å². The van der Waals surface area contributed by atoms with E-state index in [1.807, 2.05) is 0 Å². The van der Waals surface area contributed by atoms with Gasteiger partial charge in [0.15, 0.2) is 5.96 Å². The van der Waals surface area contributed by atoms with Crippen LogP contribution in [0.25, 0.3) is 0 Å². The maximum Gasteiger partial charge on any atom is 0.191 e. The highest BCUT2D eigenvalue weighted by atomic mass is 127. The summed E-state index contributed by atoms with van der Waals surface area (Å²) in [6, 6.07) is 9.12. The number of aromatic nitrogens is 3. The predicted octanol–water partition coefficient (Wildman–Crippen LogP) is 3.44. The van der Waals surface area contributed by atoms with Crippen LogP contribution in [0.1, 0.15) is 49.6 Å². The Morgan fingerprint density at radius 1 is 1.22 bits per heavy atom. The van der Waals surface area contributed by atoms with Crippen molar-refractivity contribution in [3.63, 3.8) is 0 Å². The Hall–Kier alpha value is -1.64. The van der Waals surface area contributed by atoms with Crippen LogP contribution in [-0.4, -0.2) is 33.3 Å². The van der Waals surface area contributed by atoms with Crippen molar-refractivity contribution in [3.8, 4) is 0 Å². The van der Waals surface area contributed by atoms with E-state index in [1.54, 1.807) is 6.33 Å². The van der Waals surface area contributed by atoms with E-state index in [0.717, 1.165) is 31.3 Å². The van der Waals surface area contributed by atoms with E-state index in [9.17, 15) is 0 Å². The Bertz CT molecular complexity index is 704. The average Bonchev–Trinajstić information content (AvgIpc) is 3.32. The topological polar surface area (TPSA) is 67.1 Å². The minimum absolute atomic E-state index is 0. The SMILES string of the molecule is CCc1nncn1CCNC(=NCc1ccc(C)cc1)NC1CCCC1.I. The second-order valence-electron chi connectivity index (χ2n) is 7.00. The Morgan fingerprint density at radius 2 is 1.96 bits per heavy atom. The summed E-state index contributed by atoms with van der Waals surface area (Å²) in [6.07, 6.45) is 7.78. The van der Waals surface area contributed by atoms with Gasteiger partial charge in [0.1, 0.15) is 12.2 Å². The van der Waals surface area contributed by atoms with Crippen molar-refractivity contribution >= 4 is 29.9 Å². The molecule has 6 nitrogen and oxygen atoms in total.